The quantitative estimate of drug-likeness (QED) is 0.863. The molecule has 2 rings (SSSR count). The molecule has 0 spiro atoms. The van der Waals surface area contributed by atoms with Gasteiger partial charge < -0.3 is 10.2 Å². The molecule has 96 valence electrons. The number of carbonyl (C=O) groups excluding carboxylic acids is 2. The molecule has 0 radical (unpaired) electrons. The average Bonchev–Trinajstić information content (AvgIpc) is 2.20. The van der Waals surface area contributed by atoms with Crippen molar-refractivity contribution >= 4 is 17.5 Å². The van der Waals surface area contributed by atoms with Gasteiger partial charge in [-0.15, -0.1) is 0 Å². The van der Waals surface area contributed by atoms with Crippen LogP contribution < -0.4 is 5.32 Å². The lowest BCUT2D eigenvalue weighted by molar-refractivity contribution is -0.139. The standard InChI is InChI=1S/C14H18N2O2/c1-9-4-5-10(2)13(6-9)15-14(18)12-7-16(8-12)11(3)17/h4-6,12H,7-8H2,1-3H3,(H,15,18). The summed E-state index contributed by atoms with van der Waals surface area (Å²) in [7, 11) is 0. The summed E-state index contributed by atoms with van der Waals surface area (Å²) in [6, 6.07) is 5.98. The Kier molecular flexibility index (Phi) is 3.36. The van der Waals surface area contributed by atoms with E-state index < -0.39 is 0 Å². The molecular formula is C14H18N2O2. The largest absolute Gasteiger partial charge is 0.341 e. The first-order valence-corrected chi connectivity index (χ1v) is 6.11. The molecular weight excluding hydrogens is 228 g/mol. The molecule has 0 unspecified atom stereocenters. The molecule has 0 aliphatic carbocycles. The lowest BCUT2D eigenvalue weighted by Gasteiger charge is -2.37. The van der Waals surface area contributed by atoms with E-state index in [1.807, 2.05) is 32.0 Å². The van der Waals surface area contributed by atoms with Crippen LogP contribution in [0.25, 0.3) is 0 Å². The van der Waals surface area contributed by atoms with E-state index >= 15 is 0 Å². The maximum Gasteiger partial charge on any atom is 0.231 e. The SMILES string of the molecule is CC(=O)N1CC(C(=O)Nc2cc(C)ccc2C)C1. The fourth-order valence-electron chi connectivity index (χ4n) is 2.01. The molecule has 4 heteroatoms. The second-order valence-electron chi connectivity index (χ2n) is 4.93. The van der Waals surface area contributed by atoms with E-state index in [1.54, 1.807) is 4.90 Å². The minimum atomic E-state index is -0.0752. The van der Waals surface area contributed by atoms with Gasteiger partial charge in [-0.25, -0.2) is 0 Å². The Balaban J connectivity index is 1.96. The van der Waals surface area contributed by atoms with Crippen LogP contribution in [0.5, 0.6) is 0 Å². The van der Waals surface area contributed by atoms with Crippen molar-refractivity contribution < 1.29 is 9.59 Å². The first-order valence-electron chi connectivity index (χ1n) is 6.11. The van der Waals surface area contributed by atoms with Crippen LogP contribution >= 0.6 is 0 Å². The molecule has 1 aliphatic heterocycles. The van der Waals surface area contributed by atoms with Gasteiger partial charge in [-0.3, -0.25) is 9.59 Å². The van der Waals surface area contributed by atoms with Crippen LogP contribution in [-0.4, -0.2) is 29.8 Å². The van der Waals surface area contributed by atoms with E-state index in [4.69, 9.17) is 0 Å². The highest BCUT2D eigenvalue weighted by Crippen LogP contribution is 2.21. The van der Waals surface area contributed by atoms with Gasteiger partial charge in [-0.1, -0.05) is 12.1 Å². The molecule has 2 amide bonds. The lowest BCUT2D eigenvalue weighted by Crippen LogP contribution is -2.53. The minimum Gasteiger partial charge on any atom is -0.341 e. The Morgan fingerprint density at radius 2 is 1.94 bits per heavy atom. The molecule has 0 saturated carbocycles. The molecule has 1 N–H and O–H groups in total. The third kappa shape index (κ3) is 2.53. The summed E-state index contributed by atoms with van der Waals surface area (Å²) < 4.78 is 0. The number of hydrogen-bond acceptors (Lipinski definition) is 2. The van der Waals surface area contributed by atoms with Crippen molar-refractivity contribution in [3.05, 3.63) is 29.3 Å². The highest BCUT2D eigenvalue weighted by molar-refractivity contribution is 5.95. The van der Waals surface area contributed by atoms with Crippen LogP contribution in [0.15, 0.2) is 18.2 Å². The van der Waals surface area contributed by atoms with Gasteiger partial charge in [0.1, 0.15) is 0 Å². The number of likely N-dealkylation sites (tertiary alicyclic amines) is 1. The smallest absolute Gasteiger partial charge is 0.231 e. The zero-order valence-corrected chi connectivity index (χ0v) is 11.0. The third-order valence-corrected chi connectivity index (χ3v) is 3.35. The molecule has 1 aromatic carbocycles. The van der Waals surface area contributed by atoms with Crippen molar-refractivity contribution in [3.63, 3.8) is 0 Å². The molecule has 1 fully saturated rings. The van der Waals surface area contributed by atoms with Crippen LogP contribution in [0.2, 0.25) is 0 Å². The topological polar surface area (TPSA) is 49.4 Å². The fraction of sp³-hybridized carbons (Fsp3) is 0.429. The lowest BCUT2D eigenvalue weighted by atomic mass is 9.98. The average molecular weight is 246 g/mol. The number of aryl methyl sites for hydroxylation is 2. The fourth-order valence-corrected chi connectivity index (χ4v) is 2.01. The highest BCUT2D eigenvalue weighted by atomic mass is 16.2. The van der Waals surface area contributed by atoms with Crippen LogP contribution in [-0.2, 0) is 9.59 Å². The third-order valence-electron chi connectivity index (χ3n) is 3.35. The summed E-state index contributed by atoms with van der Waals surface area (Å²) in [5.41, 5.74) is 3.04. The molecule has 1 aromatic rings. The van der Waals surface area contributed by atoms with Gasteiger partial charge >= 0.3 is 0 Å². The van der Waals surface area contributed by atoms with Crippen molar-refractivity contribution in [2.24, 2.45) is 5.92 Å². The zero-order valence-electron chi connectivity index (χ0n) is 11.0. The van der Waals surface area contributed by atoms with Crippen LogP contribution in [0.3, 0.4) is 0 Å². The van der Waals surface area contributed by atoms with Gasteiger partial charge in [0.2, 0.25) is 11.8 Å². The molecule has 0 bridgehead atoms. The van der Waals surface area contributed by atoms with Gasteiger partial charge in [0.05, 0.1) is 5.92 Å². The van der Waals surface area contributed by atoms with Crippen molar-refractivity contribution in [2.45, 2.75) is 20.8 Å². The van der Waals surface area contributed by atoms with Crippen molar-refractivity contribution in [1.82, 2.24) is 4.90 Å². The highest BCUT2D eigenvalue weighted by Gasteiger charge is 2.34. The normalized spacial score (nSPS) is 15.2. The summed E-state index contributed by atoms with van der Waals surface area (Å²) in [5, 5.41) is 2.94. The number of benzene rings is 1. The number of rotatable bonds is 2. The van der Waals surface area contributed by atoms with E-state index in [0.29, 0.717) is 13.1 Å². The van der Waals surface area contributed by atoms with Gasteiger partial charge in [0, 0.05) is 25.7 Å². The second kappa shape index (κ2) is 4.80. The van der Waals surface area contributed by atoms with Crippen molar-refractivity contribution in [2.75, 3.05) is 18.4 Å². The molecule has 1 heterocycles. The van der Waals surface area contributed by atoms with E-state index in [2.05, 4.69) is 5.32 Å². The first-order chi connectivity index (χ1) is 8.47. The molecule has 18 heavy (non-hydrogen) atoms. The summed E-state index contributed by atoms with van der Waals surface area (Å²) in [6.45, 7) is 6.56. The predicted octanol–water partition coefficient (Wildman–Crippen LogP) is 1.72. The predicted molar refractivity (Wildman–Crippen MR) is 70.3 cm³/mol. The Bertz CT molecular complexity index is 491. The minimum absolute atomic E-state index is 0.00111. The maximum absolute atomic E-state index is 12.0. The van der Waals surface area contributed by atoms with Gasteiger partial charge in [0.25, 0.3) is 0 Å². The van der Waals surface area contributed by atoms with E-state index in [0.717, 1.165) is 16.8 Å². The number of nitrogens with zero attached hydrogens (tertiary/aromatic N) is 1. The van der Waals surface area contributed by atoms with Crippen LogP contribution in [0.1, 0.15) is 18.1 Å². The van der Waals surface area contributed by atoms with Gasteiger partial charge in [-0.2, -0.15) is 0 Å². The first kappa shape index (κ1) is 12.6. The van der Waals surface area contributed by atoms with Crippen molar-refractivity contribution in [1.29, 1.82) is 0 Å². The van der Waals surface area contributed by atoms with Gasteiger partial charge in [-0.05, 0) is 31.0 Å². The summed E-state index contributed by atoms with van der Waals surface area (Å²) >= 11 is 0. The number of hydrogen-bond donors (Lipinski definition) is 1. The zero-order chi connectivity index (χ0) is 13.3. The number of amides is 2. The summed E-state index contributed by atoms with van der Waals surface area (Å²) in [6.07, 6.45) is 0. The Labute approximate surface area is 107 Å². The monoisotopic (exact) mass is 246 g/mol. The number of nitrogens with one attached hydrogen (secondary N) is 1. The number of carbonyl (C=O) groups is 2. The Morgan fingerprint density at radius 3 is 2.56 bits per heavy atom. The molecule has 0 atom stereocenters. The maximum atomic E-state index is 12.0. The van der Waals surface area contributed by atoms with Gasteiger partial charge in [0.15, 0.2) is 0 Å². The number of anilines is 1. The van der Waals surface area contributed by atoms with E-state index in [9.17, 15) is 9.59 Å². The van der Waals surface area contributed by atoms with E-state index in [1.165, 1.54) is 6.92 Å². The Hall–Kier alpha value is -1.84. The molecule has 0 aromatic heterocycles. The van der Waals surface area contributed by atoms with Crippen molar-refractivity contribution in [3.8, 4) is 0 Å². The summed E-state index contributed by atoms with van der Waals surface area (Å²) in [4.78, 5) is 24.7. The second-order valence-corrected chi connectivity index (χ2v) is 4.93. The van der Waals surface area contributed by atoms with E-state index in [-0.39, 0.29) is 17.7 Å². The van der Waals surface area contributed by atoms with Crippen LogP contribution in [0, 0.1) is 19.8 Å². The van der Waals surface area contributed by atoms with Crippen LogP contribution in [0.4, 0.5) is 5.69 Å². The Morgan fingerprint density at radius 1 is 1.28 bits per heavy atom. The molecule has 1 saturated heterocycles. The molecule has 1 aliphatic rings. The molecule has 4 nitrogen and oxygen atoms in total. The summed E-state index contributed by atoms with van der Waals surface area (Å²) in [5.74, 6) is -0.0409.